The van der Waals surface area contributed by atoms with E-state index in [1.54, 1.807) is 0 Å². The lowest BCUT2D eigenvalue weighted by atomic mass is 10.0. The molecule has 0 bridgehead atoms. The molecule has 0 aliphatic carbocycles. The van der Waals surface area contributed by atoms with E-state index in [1.807, 2.05) is 0 Å². The van der Waals surface area contributed by atoms with Gasteiger partial charge in [0.1, 0.15) is 19.3 Å². The van der Waals surface area contributed by atoms with Gasteiger partial charge in [-0.15, -0.1) is 0 Å². The van der Waals surface area contributed by atoms with Crippen molar-refractivity contribution < 1.29 is 80.2 Å². The Balaban J connectivity index is 5.26. The van der Waals surface area contributed by atoms with Crippen molar-refractivity contribution in [1.82, 2.24) is 0 Å². The van der Waals surface area contributed by atoms with Gasteiger partial charge in [-0.3, -0.25) is 37.3 Å². The summed E-state index contributed by atoms with van der Waals surface area (Å²) in [4.78, 5) is 73.0. The summed E-state index contributed by atoms with van der Waals surface area (Å²) in [5.74, 6) is -2.10. The molecule has 0 heterocycles. The van der Waals surface area contributed by atoms with Crippen LogP contribution in [0.3, 0.4) is 0 Å². The number of hydrogen-bond donors (Lipinski definition) is 3. The molecular formula is C79H154O17P2. The summed E-state index contributed by atoms with van der Waals surface area (Å²) in [6.07, 6.45) is 64.9. The molecule has 2 unspecified atom stereocenters. The Hall–Kier alpha value is -1.94. The maximum absolute atomic E-state index is 13.1. The molecule has 0 saturated carbocycles. The maximum Gasteiger partial charge on any atom is 0.472 e. The third kappa shape index (κ3) is 72.4. The van der Waals surface area contributed by atoms with Gasteiger partial charge < -0.3 is 33.8 Å². The summed E-state index contributed by atoms with van der Waals surface area (Å²) >= 11 is 0. The van der Waals surface area contributed by atoms with Crippen LogP contribution in [0.25, 0.3) is 0 Å². The van der Waals surface area contributed by atoms with Gasteiger partial charge in [-0.25, -0.2) is 9.13 Å². The van der Waals surface area contributed by atoms with Crippen molar-refractivity contribution in [2.24, 2.45) is 0 Å². The average molecular weight is 1440 g/mol. The van der Waals surface area contributed by atoms with E-state index in [4.69, 9.17) is 37.0 Å². The number of hydrogen-bond acceptors (Lipinski definition) is 15. The molecular weight excluding hydrogens is 1280 g/mol. The van der Waals surface area contributed by atoms with Crippen molar-refractivity contribution in [3.63, 3.8) is 0 Å². The molecule has 0 rings (SSSR count). The van der Waals surface area contributed by atoms with Crippen LogP contribution in [-0.2, 0) is 65.4 Å². The van der Waals surface area contributed by atoms with Crippen molar-refractivity contribution in [3.8, 4) is 0 Å². The predicted molar refractivity (Wildman–Crippen MR) is 400 cm³/mol. The van der Waals surface area contributed by atoms with E-state index in [-0.39, 0.29) is 25.7 Å². The van der Waals surface area contributed by atoms with E-state index in [0.29, 0.717) is 25.7 Å². The molecule has 0 radical (unpaired) electrons. The van der Waals surface area contributed by atoms with Gasteiger partial charge in [0.15, 0.2) is 12.2 Å². The highest BCUT2D eigenvalue weighted by molar-refractivity contribution is 7.47. The number of phosphoric acid groups is 2. The molecule has 17 nitrogen and oxygen atoms in total. The smallest absolute Gasteiger partial charge is 0.462 e. The van der Waals surface area contributed by atoms with E-state index >= 15 is 0 Å². The molecule has 0 saturated heterocycles. The third-order valence-corrected chi connectivity index (χ3v) is 20.5. The summed E-state index contributed by atoms with van der Waals surface area (Å²) in [6.45, 7) is 5.03. The van der Waals surface area contributed by atoms with Crippen LogP contribution >= 0.6 is 15.6 Å². The average Bonchev–Trinajstić information content (AvgIpc) is 1.04. The van der Waals surface area contributed by atoms with Gasteiger partial charge in [-0.1, -0.05) is 374 Å². The minimum Gasteiger partial charge on any atom is -0.462 e. The zero-order valence-corrected chi connectivity index (χ0v) is 65.6. The molecule has 19 heteroatoms. The minimum atomic E-state index is -4.96. The summed E-state index contributed by atoms with van der Waals surface area (Å²) < 4.78 is 68.7. The standard InChI is InChI=1S/C79H154O17P2/c1-5-9-13-17-21-25-29-33-36-40-44-48-52-56-60-64-77(82)90-70-75(96-79(84)66-62-58-54-50-46-42-38-35-31-27-23-19-15-11-7-3)72-94-98(87,88)92-68-73(80)67-91-97(85,86)93-71-74(69-89-76(81)63-59-55-51-47-43-39-32-28-24-20-16-12-8-4)95-78(83)65-61-57-53-49-45-41-37-34-30-26-22-18-14-10-6-2/h73-75,80H,5-72H2,1-4H3,(H,85,86)(H,87,88)/t73-,74-,75-/m1/s1. The number of carbonyl (C=O) groups excluding carboxylic acids is 4. The summed E-state index contributed by atoms with van der Waals surface area (Å²) in [5, 5.41) is 10.6. The molecule has 0 spiro atoms. The first-order valence-corrected chi connectivity index (χ1v) is 44.3. The van der Waals surface area contributed by atoms with Gasteiger partial charge in [0.25, 0.3) is 0 Å². The molecule has 0 aliphatic rings. The van der Waals surface area contributed by atoms with Gasteiger partial charge >= 0.3 is 39.5 Å². The van der Waals surface area contributed by atoms with Crippen LogP contribution in [0.15, 0.2) is 0 Å². The number of aliphatic hydroxyl groups excluding tert-OH is 1. The van der Waals surface area contributed by atoms with Gasteiger partial charge in [-0.05, 0) is 25.7 Å². The molecule has 0 aromatic rings. The number of rotatable bonds is 80. The van der Waals surface area contributed by atoms with E-state index in [9.17, 15) is 43.2 Å². The van der Waals surface area contributed by atoms with Crippen molar-refractivity contribution in [3.05, 3.63) is 0 Å². The fraction of sp³-hybridized carbons (Fsp3) is 0.949. The van der Waals surface area contributed by atoms with Crippen LogP contribution in [0, 0.1) is 0 Å². The number of carbonyl (C=O) groups is 4. The largest absolute Gasteiger partial charge is 0.472 e. The van der Waals surface area contributed by atoms with Crippen LogP contribution in [0.1, 0.15) is 426 Å². The second-order valence-corrected chi connectivity index (χ2v) is 31.4. The molecule has 5 atom stereocenters. The zero-order valence-electron chi connectivity index (χ0n) is 63.8. The highest BCUT2D eigenvalue weighted by Gasteiger charge is 2.30. The van der Waals surface area contributed by atoms with Crippen LogP contribution in [-0.4, -0.2) is 96.7 Å². The number of unbranched alkanes of at least 4 members (excludes halogenated alkanes) is 54. The van der Waals surface area contributed by atoms with Gasteiger partial charge in [0.2, 0.25) is 0 Å². The van der Waals surface area contributed by atoms with Crippen LogP contribution in [0.4, 0.5) is 0 Å². The molecule has 0 aliphatic heterocycles. The first-order valence-electron chi connectivity index (χ1n) is 41.3. The Kier molecular flexibility index (Phi) is 71.9. The molecule has 0 fully saturated rings. The fourth-order valence-corrected chi connectivity index (χ4v) is 13.9. The molecule has 0 amide bonds. The van der Waals surface area contributed by atoms with Gasteiger partial charge in [0.05, 0.1) is 26.4 Å². The summed E-state index contributed by atoms with van der Waals surface area (Å²) in [5.41, 5.74) is 0. The fourth-order valence-electron chi connectivity index (χ4n) is 12.3. The monoisotopic (exact) mass is 1440 g/mol. The Bertz CT molecular complexity index is 1860. The van der Waals surface area contributed by atoms with Crippen molar-refractivity contribution >= 4 is 39.5 Å². The lowest BCUT2D eigenvalue weighted by Gasteiger charge is -2.21. The minimum absolute atomic E-state index is 0.109. The van der Waals surface area contributed by atoms with Crippen LogP contribution in [0.5, 0.6) is 0 Å². The predicted octanol–water partition coefficient (Wildman–Crippen LogP) is 23.8. The quantitative estimate of drug-likeness (QED) is 0.0222. The number of esters is 4. The van der Waals surface area contributed by atoms with E-state index in [0.717, 1.165) is 89.9 Å². The second-order valence-electron chi connectivity index (χ2n) is 28.5. The van der Waals surface area contributed by atoms with Crippen molar-refractivity contribution in [2.75, 3.05) is 39.6 Å². The Labute approximate surface area is 600 Å². The topological polar surface area (TPSA) is 237 Å². The molecule has 3 N–H and O–H groups in total. The SMILES string of the molecule is CCCCCCCCCCCCCCCCCC(=O)OC[C@H](COP(=O)(O)OC[C@H](O)COP(=O)(O)OC[C@@H](COC(=O)CCCCCCCCCCCCCCC)OC(=O)CCCCCCCCCCCCCCCCC)OC(=O)CCCCCCCCCCCCCCCCC. The van der Waals surface area contributed by atoms with Gasteiger partial charge in [0, 0.05) is 25.7 Å². The molecule has 0 aromatic carbocycles. The first kappa shape index (κ1) is 96.1. The van der Waals surface area contributed by atoms with Crippen molar-refractivity contribution in [1.29, 1.82) is 0 Å². The molecule has 582 valence electrons. The summed E-state index contributed by atoms with van der Waals surface area (Å²) in [6, 6.07) is 0. The second kappa shape index (κ2) is 73.4. The third-order valence-electron chi connectivity index (χ3n) is 18.6. The summed E-state index contributed by atoms with van der Waals surface area (Å²) in [7, 11) is -9.92. The van der Waals surface area contributed by atoms with Gasteiger partial charge in [-0.2, -0.15) is 0 Å². The molecule has 98 heavy (non-hydrogen) atoms. The number of ether oxygens (including phenoxy) is 4. The highest BCUT2D eigenvalue weighted by atomic mass is 31.2. The van der Waals surface area contributed by atoms with Crippen LogP contribution in [0.2, 0.25) is 0 Å². The first-order chi connectivity index (χ1) is 47.7. The lowest BCUT2D eigenvalue weighted by molar-refractivity contribution is -0.161. The lowest BCUT2D eigenvalue weighted by Crippen LogP contribution is -2.30. The highest BCUT2D eigenvalue weighted by Crippen LogP contribution is 2.45. The maximum atomic E-state index is 13.1. The zero-order chi connectivity index (χ0) is 71.8. The molecule has 0 aromatic heterocycles. The Morgan fingerprint density at radius 1 is 0.245 bits per heavy atom. The normalized spacial score (nSPS) is 13.8. The number of phosphoric ester groups is 2. The number of aliphatic hydroxyl groups is 1. The Morgan fingerprint density at radius 2 is 0.408 bits per heavy atom. The van der Waals surface area contributed by atoms with E-state index in [2.05, 4.69) is 27.7 Å². The Morgan fingerprint density at radius 3 is 0.602 bits per heavy atom. The van der Waals surface area contributed by atoms with Crippen LogP contribution < -0.4 is 0 Å². The van der Waals surface area contributed by atoms with E-state index < -0.39 is 97.5 Å². The van der Waals surface area contributed by atoms with E-state index in [1.165, 1.54) is 257 Å². The van der Waals surface area contributed by atoms with Crippen molar-refractivity contribution in [2.45, 2.75) is 444 Å².